The van der Waals surface area contributed by atoms with E-state index in [4.69, 9.17) is 20.6 Å². The van der Waals surface area contributed by atoms with Crippen LogP contribution >= 0.6 is 0 Å². The smallest absolute Gasteiger partial charge is 0.305 e. The molecule has 1 heterocycles. The van der Waals surface area contributed by atoms with Gasteiger partial charge < -0.3 is 20.5 Å². The van der Waals surface area contributed by atoms with E-state index in [1.165, 1.54) is 0 Å². The van der Waals surface area contributed by atoms with Crippen LogP contribution in [0.5, 0.6) is 5.75 Å². The Labute approximate surface area is 202 Å². The van der Waals surface area contributed by atoms with Crippen molar-refractivity contribution in [3.8, 4) is 5.75 Å². The minimum atomic E-state index is -0.870. The number of benzene rings is 2. The number of aliphatic carboxylic acids is 1. The summed E-state index contributed by atoms with van der Waals surface area (Å²) < 4.78 is 18.9. The fraction of sp³-hybridized carbons (Fsp3) is 0.423. The van der Waals surface area contributed by atoms with Gasteiger partial charge in [-0.25, -0.2) is 0 Å². The lowest BCUT2D eigenvalue weighted by Crippen LogP contribution is -2.45. The number of nitrogens with two attached hydrogens (primary N) is 1. The third kappa shape index (κ3) is 7.30. The molecule has 0 spiro atoms. The molecule has 1 amide bonds. The maximum absolute atomic E-state index is 13.1. The van der Waals surface area contributed by atoms with Crippen LogP contribution in [-0.4, -0.2) is 41.8 Å². The molecule has 1 aliphatic heterocycles. The summed E-state index contributed by atoms with van der Waals surface area (Å²) in [6.45, 7) is 3.00. The Balaban J connectivity index is 0.00000199. The highest BCUT2D eigenvalue weighted by atomic mass is 19.0. The molecule has 0 aliphatic carbocycles. The Morgan fingerprint density at radius 3 is 2.59 bits per heavy atom. The quantitative estimate of drug-likeness (QED) is 0.246. The number of rotatable bonds is 11. The zero-order valence-corrected chi connectivity index (χ0v) is 18.9. The summed E-state index contributed by atoms with van der Waals surface area (Å²) in [6, 6.07) is 12.5. The zero-order valence-electron chi connectivity index (χ0n) is 19.9. The first-order valence-electron chi connectivity index (χ1n) is 11.5. The second-order valence-electron chi connectivity index (χ2n) is 8.21. The molecule has 0 bridgehead atoms. The van der Waals surface area contributed by atoms with Crippen LogP contribution in [-0.2, 0) is 17.8 Å². The SMILES string of the molecule is C.CCCCCC(CC(=O)O)N1CCc2cc(OCc3ccc(C(=N)N)cc3)ccc2C1=O.[3H]F. The van der Waals surface area contributed by atoms with Crippen molar-refractivity contribution in [3.63, 3.8) is 0 Å². The van der Waals surface area contributed by atoms with Crippen LogP contribution < -0.4 is 10.5 Å². The molecule has 0 aromatic heterocycles. The number of amidine groups is 1. The second kappa shape index (κ2) is 13.3. The summed E-state index contributed by atoms with van der Waals surface area (Å²) in [5, 5.41) is 16.8. The van der Waals surface area contributed by atoms with E-state index >= 15 is 0 Å². The fourth-order valence-corrected chi connectivity index (χ4v) is 4.07. The van der Waals surface area contributed by atoms with Crippen LogP contribution in [0.1, 0.15) is 73.5 Å². The second-order valence-corrected chi connectivity index (χ2v) is 8.21. The van der Waals surface area contributed by atoms with Gasteiger partial charge in [-0.1, -0.05) is 57.9 Å². The van der Waals surface area contributed by atoms with Crippen molar-refractivity contribution in [2.45, 2.75) is 65.5 Å². The molecule has 2 aromatic carbocycles. The number of ether oxygens (including phenoxy) is 1. The Morgan fingerprint density at radius 2 is 1.97 bits per heavy atom. The average molecular weight is 476 g/mol. The molecule has 186 valence electrons. The van der Waals surface area contributed by atoms with Gasteiger partial charge in [0.1, 0.15) is 18.2 Å². The van der Waals surface area contributed by atoms with E-state index in [0.717, 1.165) is 30.4 Å². The largest absolute Gasteiger partial charge is 0.489 e. The van der Waals surface area contributed by atoms with Gasteiger partial charge in [0.2, 0.25) is 0 Å². The van der Waals surface area contributed by atoms with Gasteiger partial charge in [-0.05, 0) is 42.2 Å². The first-order chi connectivity index (χ1) is 16.4. The third-order valence-corrected chi connectivity index (χ3v) is 5.85. The molecule has 2 aromatic rings. The van der Waals surface area contributed by atoms with Crippen molar-refractivity contribution in [2.24, 2.45) is 5.73 Å². The Bertz CT molecular complexity index is 985. The predicted molar refractivity (Wildman–Crippen MR) is 132 cm³/mol. The highest BCUT2D eigenvalue weighted by Gasteiger charge is 2.31. The number of halogens is 1. The molecule has 1 unspecified atom stereocenters. The maximum atomic E-state index is 13.1. The van der Waals surface area contributed by atoms with E-state index in [1.54, 1.807) is 29.2 Å². The molecule has 7 nitrogen and oxygen atoms in total. The lowest BCUT2D eigenvalue weighted by molar-refractivity contribution is -0.138. The van der Waals surface area contributed by atoms with Crippen LogP contribution in [0.3, 0.4) is 0 Å². The Hall–Kier alpha value is -3.42. The molecule has 0 fully saturated rings. The number of carboxylic acids is 1. The van der Waals surface area contributed by atoms with Crippen LogP contribution in [0.15, 0.2) is 42.5 Å². The summed E-state index contributed by atoms with van der Waals surface area (Å²) in [6.07, 6.45) is 4.38. The molecular weight excluding hydrogens is 437 g/mol. The van der Waals surface area contributed by atoms with E-state index in [0.29, 0.717) is 42.9 Å². The number of nitrogen functional groups attached to an aromatic ring is 1. The summed E-state index contributed by atoms with van der Waals surface area (Å²) in [4.78, 5) is 26.2. The Kier molecular flexibility index (Phi) is 10.5. The maximum Gasteiger partial charge on any atom is 0.305 e. The zero-order chi connectivity index (χ0) is 25.1. The fourth-order valence-electron chi connectivity index (χ4n) is 4.07. The highest BCUT2D eigenvalue weighted by Crippen LogP contribution is 2.27. The lowest BCUT2D eigenvalue weighted by atomic mass is 9.95. The van der Waals surface area contributed by atoms with Crippen molar-refractivity contribution < 1.29 is 24.1 Å². The van der Waals surface area contributed by atoms with Crippen molar-refractivity contribution in [1.82, 2.24) is 4.90 Å². The van der Waals surface area contributed by atoms with Crippen molar-refractivity contribution >= 4 is 17.7 Å². The first-order valence-corrected chi connectivity index (χ1v) is 11.1. The van der Waals surface area contributed by atoms with Gasteiger partial charge in [0.25, 0.3) is 7.36 Å². The van der Waals surface area contributed by atoms with E-state index in [9.17, 15) is 14.7 Å². The van der Waals surface area contributed by atoms with Crippen LogP contribution in [0, 0.1) is 5.41 Å². The van der Waals surface area contributed by atoms with Crippen LogP contribution in [0.25, 0.3) is 0 Å². The van der Waals surface area contributed by atoms with Gasteiger partial charge in [-0.2, -0.15) is 0 Å². The van der Waals surface area contributed by atoms with Gasteiger partial charge in [0.15, 0.2) is 0 Å². The van der Waals surface area contributed by atoms with Gasteiger partial charge in [0, 0.05) is 23.7 Å². The topological polar surface area (TPSA) is 117 Å². The molecule has 3 rings (SSSR count). The standard InChI is InChI=1S/C25H31N3O4.CH4.FH/c1-2-3-4-5-20(15-23(29)30)28-13-12-19-14-21(10-11-22(19)25(28)31)32-16-17-6-8-18(9-7-17)24(26)27;;/h6-11,14,20H,2-5,12-13,15-16H2,1H3,(H3,26,27)(H,29,30);1H4;1H/i/hT. The molecule has 8 heteroatoms. The number of carbonyl (C=O) groups is 2. The highest BCUT2D eigenvalue weighted by molar-refractivity contribution is 5.97. The molecule has 0 radical (unpaired) electrons. The summed E-state index contributed by atoms with van der Waals surface area (Å²) in [7, 11) is 0. The van der Waals surface area contributed by atoms with Gasteiger partial charge in [-0.3, -0.25) is 19.7 Å². The number of hydrogen-bond acceptors (Lipinski definition) is 4. The van der Waals surface area contributed by atoms with Gasteiger partial charge in [-0.15, -0.1) is 0 Å². The lowest BCUT2D eigenvalue weighted by Gasteiger charge is -2.35. The molecule has 1 atom stereocenters. The van der Waals surface area contributed by atoms with Gasteiger partial charge in [0.05, 0.1) is 6.42 Å². The number of amides is 1. The number of hydrogen-bond donors (Lipinski definition) is 3. The van der Waals surface area contributed by atoms with Crippen LogP contribution in [0.2, 0.25) is 0 Å². The molecule has 1 aliphatic rings. The Morgan fingerprint density at radius 1 is 1.26 bits per heavy atom. The third-order valence-electron chi connectivity index (χ3n) is 5.85. The molecule has 34 heavy (non-hydrogen) atoms. The van der Waals surface area contributed by atoms with E-state index in [1.807, 2.05) is 18.2 Å². The predicted octanol–water partition coefficient (Wildman–Crippen LogP) is 4.76. The van der Waals surface area contributed by atoms with Crippen molar-refractivity contribution in [1.29, 1.82) is 6.86 Å². The minimum absolute atomic E-state index is 0. The number of fused-ring (bicyclic) bond motifs is 1. The number of unbranched alkanes of at least 4 members (excludes halogenated alkanes) is 2. The minimum Gasteiger partial charge on any atom is -0.489 e. The molecule has 4 N–H and O–H groups in total. The average Bonchev–Trinajstić information content (AvgIpc) is 2.84. The van der Waals surface area contributed by atoms with Crippen molar-refractivity contribution in [2.75, 3.05) is 6.54 Å². The molecular formula is C26H36FN3O4. The summed E-state index contributed by atoms with van der Waals surface area (Å²) in [5.41, 5.74) is 8.66. The number of nitrogens with one attached hydrogen (secondary N) is 1. The molecule has 0 saturated carbocycles. The van der Waals surface area contributed by atoms with E-state index in [2.05, 4.69) is 8.37 Å². The van der Waals surface area contributed by atoms with E-state index < -0.39 is 5.97 Å². The summed E-state index contributed by atoms with van der Waals surface area (Å²) >= 11 is 0. The number of nitrogens with zero attached hydrogens (tertiary/aromatic N) is 1. The van der Waals surface area contributed by atoms with Gasteiger partial charge >= 0.3 is 5.97 Å². The van der Waals surface area contributed by atoms with Crippen molar-refractivity contribution in [3.05, 3.63) is 64.7 Å². The summed E-state index contributed by atoms with van der Waals surface area (Å²) in [5.74, 6) is -0.252. The normalized spacial score (nSPS) is 13.4. The number of carbonyl (C=O) groups excluding carboxylic acids is 1. The number of carboxylic acid groups (broad SMARTS) is 1. The monoisotopic (exact) mass is 475 g/mol. The van der Waals surface area contributed by atoms with E-state index in [-0.39, 0.29) is 31.6 Å². The first kappa shape index (κ1) is 26.8. The molecule has 0 saturated heterocycles. The van der Waals surface area contributed by atoms with Crippen LogP contribution in [0.4, 0.5) is 4.72 Å².